The van der Waals surface area contributed by atoms with Gasteiger partial charge in [0.05, 0.1) is 26.2 Å². The lowest BCUT2D eigenvalue weighted by atomic mass is 9.99. The van der Waals surface area contributed by atoms with Crippen LogP contribution in [0.25, 0.3) is 0 Å². The summed E-state index contributed by atoms with van der Waals surface area (Å²) in [6, 6.07) is 1.96. The highest BCUT2D eigenvalue weighted by atomic mass is 19.4. The minimum absolute atomic E-state index is 0.00416. The molecule has 1 saturated heterocycles. The van der Waals surface area contributed by atoms with Crippen LogP contribution in [-0.4, -0.2) is 31.9 Å². The summed E-state index contributed by atoms with van der Waals surface area (Å²) in [5.41, 5.74) is -2.37. The quantitative estimate of drug-likeness (QED) is 0.514. The fraction of sp³-hybridized carbons (Fsp3) is 0.611. The molecule has 1 heterocycles. The Hall–Kier alpha value is -1.67. The molecule has 0 amide bonds. The van der Waals surface area contributed by atoms with Crippen molar-refractivity contribution in [2.24, 2.45) is 5.92 Å². The number of hydrogen-bond acceptors (Lipinski definition) is 4. The molecule has 0 aromatic heterocycles. The third-order valence-electron chi connectivity index (χ3n) is 4.07. The highest BCUT2D eigenvalue weighted by Crippen LogP contribution is 2.38. The molecule has 0 atom stereocenters. The first-order chi connectivity index (χ1) is 12.3. The number of carbonyl (C=O) groups excluding carboxylic acids is 1. The summed E-state index contributed by atoms with van der Waals surface area (Å²) in [6.07, 6.45) is -4.49. The maximum absolute atomic E-state index is 14.2. The number of carbonyl (C=O) groups is 1. The highest BCUT2D eigenvalue weighted by molar-refractivity contribution is 5.98. The first kappa shape index (κ1) is 20.6. The van der Waals surface area contributed by atoms with E-state index in [1.54, 1.807) is 0 Å². The average Bonchev–Trinajstić information content (AvgIpc) is 2.57. The molecular weight excluding hydrogens is 356 g/mol. The summed E-state index contributed by atoms with van der Waals surface area (Å²) < 4.78 is 69.8. The normalized spacial score (nSPS) is 20.8. The molecular formula is C18H22F4O4. The zero-order chi connectivity index (χ0) is 19.3. The van der Waals surface area contributed by atoms with E-state index in [4.69, 9.17) is 14.2 Å². The minimum Gasteiger partial charge on any atom is -0.491 e. The predicted octanol–water partition coefficient (Wildman–Crippen LogP) is 4.61. The minimum atomic E-state index is -5.03. The molecule has 2 rings (SSSR count). The molecule has 1 fully saturated rings. The Bertz CT molecular complexity index is 622. The number of alkyl halides is 3. The Kier molecular flexibility index (Phi) is 7.00. The summed E-state index contributed by atoms with van der Waals surface area (Å²) in [7, 11) is 0. The molecule has 1 aliphatic rings. The van der Waals surface area contributed by atoms with Crippen LogP contribution in [0.5, 0.6) is 5.75 Å². The van der Waals surface area contributed by atoms with Gasteiger partial charge in [0, 0.05) is 11.5 Å². The van der Waals surface area contributed by atoms with Gasteiger partial charge in [0.15, 0.2) is 23.6 Å². The lowest BCUT2D eigenvalue weighted by Gasteiger charge is -2.29. The molecule has 8 heteroatoms. The maximum Gasteiger partial charge on any atom is 0.420 e. The second-order valence-corrected chi connectivity index (χ2v) is 6.11. The number of halogens is 4. The van der Waals surface area contributed by atoms with Gasteiger partial charge in [0.2, 0.25) is 0 Å². The van der Waals surface area contributed by atoms with Crippen LogP contribution in [0.2, 0.25) is 0 Å². The van der Waals surface area contributed by atoms with Gasteiger partial charge in [-0.2, -0.15) is 13.2 Å². The summed E-state index contributed by atoms with van der Waals surface area (Å²) in [5.74, 6) is -2.80. The van der Waals surface area contributed by atoms with Crippen LogP contribution in [-0.2, 0) is 15.7 Å². The number of rotatable bonds is 7. The monoisotopic (exact) mass is 378 g/mol. The molecule has 0 N–H and O–H groups in total. The third kappa shape index (κ3) is 4.94. The molecule has 26 heavy (non-hydrogen) atoms. The van der Waals surface area contributed by atoms with Gasteiger partial charge in [0.25, 0.3) is 0 Å². The van der Waals surface area contributed by atoms with Crippen LogP contribution in [0.3, 0.4) is 0 Å². The number of ketones is 1. The second kappa shape index (κ2) is 8.81. The van der Waals surface area contributed by atoms with E-state index in [0.717, 1.165) is 25.0 Å². The van der Waals surface area contributed by atoms with Crippen LogP contribution in [0.4, 0.5) is 17.6 Å². The lowest BCUT2D eigenvalue weighted by Crippen LogP contribution is -2.33. The van der Waals surface area contributed by atoms with Gasteiger partial charge < -0.3 is 14.2 Å². The Morgan fingerprint density at radius 1 is 1.23 bits per heavy atom. The largest absolute Gasteiger partial charge is 0.491 e. The van der Waals surface area contributed by atoms with Crippen molar-refractivity contribution < 1.29 is 36.6 Å². The molecule has 0 spiro atoms. The van der Waals surface area contributed by atoms with Crippen molar-refractivity contribution in [1.29, 1.82) is 0 Å². The van der Waals surface area contributed by atoms with Gasteiger partial charge in [-0.25, -0.2) is 4.39 Å². The number of Topliss-reactive ketones (excluding diaryl/α,β-unsaturated/α-hetero) is 1. The molecule has 1 aliphatic heterocycles. The standard InChI is InChI=1S/C18H22F4O4/c1-3-5-11-9-25-15(26-10-11)8-13(23)12-6-7-14(24-4-2)17(19)16(12)18(20,21)22/h6-7,11,15H,3-5,8-10H2,1-2H3. The molecule has 0 saturated carbocycles. The third-order valence-corrected chi connectivity index (χ3v) is 4.07. The Morgan fingerprint density at radius 2 is 1.88 bits per heavy atom. The molecule has 0 unspecified atom stereocenters. The van der Waals surface area contributed by atoms with E-state index in [9.17, 15) is 22.4 Å². The first-order valence-electron chi connectivity index (χ1n) is 8.56. The molecule has 146 valence electrons. The molecule has 0 aliphatic carbocycles. The van der Waals surface area contributed by atoms with E-state index in [0.29, 0.717) is 13.2 Å². The van der Waals surface area contributed by atoms with Crippen molar-refractivity contribution >= 4 is 5.78 Å². The number of ether oxygens (including phenoxy) is 3. The maximum atomic E-state index is 14.2. The topological polar surface area (TPSA) is 44.8 Å². The van der Waals surface area contributed by atoms with Crippen LogP contribution in [0, 0.1) is 11.7 Å². The van der Waals surface area contributed by atoms with Crippen LogP contribution in [0.1, 0.15) is 49.0 Å². The summed E-state index contributed by atoms with van der Waals surface area (Å²) in [6.45, 7) is 4.32. The van der Waals surface area contributed by atoms with Gasteiger partial charge in [-0.15, -0.1) is 0 Å². The first-order valence-corrected chi connectivity index (χ1v) is 8.56. The summed E-state index contributed by atoms with van der Waals surface area (Å²) in [4.78, 5) is 12.3. The predicted molar refractivity (Wildman–Crippen MR) is 85.6 cm³/mol. The van der Waals surface area contributed by atoms with E-state index < -0.39 is 47.4 Å². The average molecular weight is 378 g/mol. The van der Waals surface area contributed by atoms with Gasteiger partial charge >= 0.3 is 6.18 Å². The van der Waals surface area contributed by atoms with E-state index >= 15 is 0 Å². The van der Waals surface area contributed by atoms with Gasteiger partial charge in [-0.05, 0) is 25.5 Å². The summed E-state index contributed by atoms with van der Waals surface area (Å²) >= 11 is 0. The lowest BCUT2D eigenvalue weighted by molar-refractivity contribution is -0.198. The Morgan fingerprint density at radius 3 is 2.42 bits per heavy atom. The molecule has 1 aromatic carbocycles. The van der Waals surface area contributed by atoms with E-state index in [1.807, 2.05) is 6.92 Å². The summed E-state index contributed by atoms with van der Waals surface area (Å²) in [5, 5.41) is 0. The van der Waals surface area contributed by atoms with E-state index in [2.05, 4.69) is 0 Å². The highest BCUT2D eigenvalue weighted by Gasteiger charge is 2.40. The van der Waals surface area contributed by atoms with Gasteiger partial charge in [0.1, 0.15) is 5.56 Å². The van der Waals surface area contributed by atoms with Crippen molar-refractivity contribution in [2.45, 2.75) is 45.6 Å². The Labute approximate surface area is 149 Å². The van der Waals surface area contributed by atoms with Gasteiger partial charge in [-0.3, -0.25) is 4.79 Å². The molecule has 0 bridgehead atoms. The van der Waals surface area contributed by atoms with Crippen LogP contribution < -0.4 is 4.74 Å². The molecule has 4 nitrogen and oxygen atoms in total. The fourth-order valence-corrected chi connectivity index (χ4v) is 2.87. The SMILES string of the molecule is CCCC1COC(CC(=O)c2ccc(OCC)c(F)c2C(F)(F)F)OC1. The molecule has 0 radical (unpaired) electrons. The van der Waals surface area contributed by atoms with Crippen molar-refractivity contribution in [2.75, 3.05) is 19.8 Å². The van der Waals surface area contributed by atoms with Crippen LogP contribution >= 0.6 is 0 Å². The van der Waals surface area contributed by atoms with Crippen molar-refractivity contribution in [3.05, 3.63) is 29.1 Å². The smallest absolute Gasteiger partial charge is 0.420 e. The van der Waals surface area contributed by atoms with E-state index in [-0.39, 0.29) is 12.5 Å². The van der Waals surface area contributed by atoms with Crippen molar-refractivity contribution in [3.63, 3.8) is 0 Å². The second-order valence-electron chi connectivity index (χ2n) is 6.11. The Balaban J connectivity index is 2.17. The van der Waals surface area contributed by atoms with Crippen LogP contribution in [0.15, 0.2) is 12.1 Å². The fourth-order valence-electron chi connectivity index (χ4n) is 2.87. The number of hydrogen-bond donors (Lipinski definition) is 0. The zero-order valence-electron chi connectivity index (χ0n) is 14.7. The van der Waals surface area contributed by atoms with Gasteiger partial charge in [-0.1, -0.05) is 13.3 Å². The van der Waals surface area contributed by atoms with Crippen molar-refractivity contribution in [1.82, 2.24) is 0 Å². The van der Waals surface area contributed by atoms with E-state index in [1.165, 1.54) is 6.92 Å². The number of benzene rings is 1. The zero-order valence-corrected chi connectivity index (χ0v) is 14.7. The van der Waals surface area contributed by atoms with Crippen molar-refractivity contribution in [3.8, 4) is 5.75 Å². The molecule has 1 aromatic rings.